The zero-order chi connectivity index (χ0) is 26.9. The average molecular weight is 522 g/mol. The van der Waals surface area contributed by atoms with Crippen molar-refractivity contribution in [2.45, 2.75) is 58.2 Å². The molecule has 0 bridgehead atoms. The number of ether oxygens (including phenoxy) is 1. The number of nitrogens with zero attached hydrogens (tertiary/aromatic N) is 6. The third-order valence-electron chi connectivity index (χ3n) is 8.38. The van der Waals surface area contributed by atoms with Crippen molar-refractivity contribution in [3.05, 3.63) is 42.2 Å². The number of aromatic nitrogens is 2. The van der Waals surface area contributed by atoms with Crippen LogP contribution in [-0.2, 0) is 4.74 Å². The number of urea groups is 1. The van der Waals surface area contributed by atoms with E-state index in [-0.39, 0.29) is 23.6 Å². The summed E-state index contributed by atoms with van der Waals surface area (Å²) in [6.45, 7) is 14.3. The first kappa shape index (κ1) is 26.7. The van der Waals surface area contributed by atoms with Gasteiger partial charge in [0, 0.05) is 82.3 Å². The van der Waals surface area contributed by atoms with Gasteiger partial charge in [-0.15, -0.1) is 0 Å². The van der Waals surface area contributed by atoms with E-state index in [0.29, 0.717) is 19.1 Å². The molecule has 0 spiro atoms. The van der Waals surface area contributed by atoms with Gasteiger partial charge in [0.15, 0.2) is 0 Å². The van der Waals surface area contributed by atoms with E-state index in [1.165, 1.54) is 0 Å². The third kappa shape index (κ3) is 5.31. The highest BCUT2D eigenvalue weighted by Gasteiger charge is 2.42. The van der Waals surface area contributed by atoms with Crippen molar-refractivity contribution in [2.24, 2.45) is 10.9 Å². The SMILES string of the molecule is CO[C@]1(C2C=CC(c3cc4c(N5CCN(C(=O)NC(C)C)CC5)ccnn4c3)=NC2)CCCN(C(C)C)C1. The summed E-state index contributed by atoms with van der Waals surface area (Å²) < 4.78 is 8.15. The second kappa shape index (κ2) is 11.1. The Kier molecular flexibility index (Phi) is 7.77. The van der Waals surface area contributed by atoms with Crippen LogP contribution in [0, 0.1) is 5.92 Å². The van der Waals surface area contributed by atoms with Crippen LogP contribution in [-0.4, -0.2) is 102 Å². The molecule has 2 fully saturated rings. The first-order chi connectivity index (χ1) is 18.3. The summed E-state index contributed by atoms with van der Waals surface area (Å²) in [5, 5.41) is 7.57. The maximum atomic E-state index is 12.4. The maximum Gasteiger partial charge on any atom is 0.317 e. The number of methoxy groups -OCH3 is 1. The Morgan fingerprint density at radius 3 is 2.61 bits per heavy atom. The topological polar surface area (TPSA) is 77.7 Å². The van der Waals surface area contributed by atoms with Gasteiger partial charge >= 0.3 is 6.03 Å². The van der Waals surface area contributed by atoms with E-state index in [1.807, 2.05) is 36.6 Å². The van der Waals surface area contributed by atoms with Crippen molar-refractivity contribution in [3.63, 3.8) is 0 Å². The Labute approximate surface area is 226 Å². The van der Waals surface area contributed by atoms with Crippen molar-refractivity contribution < 1.29 is 9.53 Å². The number of dihydropyridines is 1. The summed E-state index contributed by atoms with van der Waals surface area (Å²) in [6, 6.07) is 4.95. The molecule has 2 atom stereocenters. The van der Waals surface area contributed by atoms with Crippen LogP contribution < -0.4 is 10.2 Å². The van der Waals surface area contributed by atoms with Gasteiger partial charge in [0.25, 0.3) is 0 Å². The molecule has 1 unspecified atom stereocenters. The normalized spacial score (nSPS) is 24.9. The van der Waals surface area contributed by atoms with Crippen molar-refractivity contribution in [1.82, 2.24) is 24.7 Å². The van der Waals surface area contributed by atoms with Crippen LogP contribution in [0.5, 0.6) is 0 Å². The molecule has 0 aliphatic carbocycles. The van der Waals surface area contributed by atoms with Crippen LogP contribution >= 0.6 is 0 Å². The van der Waals surface area contributed by atoms with Gasteiger partial charge in [0.2, 0.25) is 0 Å². The number of nitrogens with one attached hydrogen (secondary N) is 1. The predicted octanol–water partition coefficient (Wildman–Crippen LogP) is 3.44. The fourth-order valence-electron chi connectivity index (χ4n) is 6.09. The van der Waals surface area contributed by atoms with E-state index < -0.39 is 0 Å². The molecule has 0 saturated carbocycles. The first-order valence-electron chi connectivity index (χ1n) is 14.1. The molecule has 2 aromatic rings. The van der Waals surface area contributed by atoms with Crippen LogP contribution in [0.25, 0.3) is 5.52 Å². The van der Waals surface area contributed by atoms with Gasteiger partial charge < -0.3 is 19.9 Å². The number of carbonyl (C=O) groups is 1. The molecule has 2 amide bonds. The second-order valence-corrected chi connectivity index (χ2v) is 11.5. The number of anilines is 1. The number of likely N-dealkylation sites (tertiary alicyclic amines) is 1. The number of carbonyl (C=O) groups excluding carboxylic acids is 1. The highest BCUT2D eigenvalue weighted by Crippen LogP contribution is 2.35. The number of amides is 2. The van der Waals surface area contributed by atoms with Gasteiger partial charge in [0.05, 0.1) is 22.5 Å². The summed E-state index contributed by atoms with van der Waals surface area (Å²) in [5.74, 6) is 0.271. The summed E-state index contributed by atoms with van der Waals surface area (Å²) in [5.41, 5.74) is 4.10. The lowest BCUT2D eigenvalue weighted by Crippen LogP contribution is -2.56. The van der Waals surface area contributed by atoms with Crippen molar-refractivity contribution in [2.75, 3.05) is 57.8 Å². The molecular weight excluding hydrogens is 478 g/mol. The molecule has 2 aromatic heterocycles. The van der Waals surface area contributed by atoms with Gasteiger partial charge in [-0.1, -0.05) is 6.08 Å². The van der Waals surface area contributed by atoms with E-state index >= 15 is 0 Å². The van der Waals surface area contributed by atoms with Crippen LogP contribution in [0.1, 0.15) is 46.1 Å². The molecule has 3 aliphatic heterocycles. The molecule has 1 N–H and O–H groups in total. The summed E-state index contributed by atoms with van der Waals surface area (Å²) in [4.78, 5) is 24.2. The summed E-state index contributed by atoms with van der Waals surface area (Å²) in [6.07, 6.45) is 10.6. The molecule has 3 aliphatic rings. The lowest BCUT2D eigenvalue weighted by Gasteiger charge is -2.47. The standard InChI is InChI=1S/C29H43N7O2/c1-21(2)32-28(37)34-15-13-33(14-16-34)26-9-11-31-36-19-23(17-27(26)36)25-8-7-24(18-30-25)29(38-5)10-6-12-35(20-29)22(3)4/h7-9,11,17,19,21-22,24H,6,10,12-16,18,20H2,1-5H3,(H,32,37)/t24?,29-/m1/s1. The van der Waals surface area contributed by atoms with Gasteiger partial charge in [-0.2, -0.15) is 5.10 Å². The number of piperazine rings is 1. The number of rotatable bonds is 6. The van der Waals surface area contributed by atoms with Crippen LogP contribution in [0.15, 0.2) is 41.7 Å². The van der Waals surface area contributed by atoms with Crippen LogP contribution in [0.3, 0.4) is 0 Å². The largest absolute Gasteiger partial charge is 0.376 e. The van der Waals surface area contributed by atoms with Crippen molar-refractivity contribution >= 4 is 22.9 Å². The van der Waals surface area contributed by atoms with E-state index in [2.05, 4.69) is 64.5 Å². The third-order valence-corrected chi connectivity index (χ3v) is 8.38. The zero-order valence-corrected chi connectivity index (χ0v) is 23.6. The minimum absolute atomic E-state index is 0.0188. The fraction of sp³-hybridized carbons (Fsp3) is 0.621. The average Bonchev–Trinajstić information content (AvgIpc) is 3.37. The minimum Gasteiger partial charge on any atom is -0.376 e. The van der Waals surface area contributed by atoms with Gasteiger partial charge in [-0.25, -0.2) is 9.31 Å². The molecule has 38 heavy (non-hydrogen) atoms. The van der Waals surface area contributed by atoms with Gasteiger partial charge in [-0.3, -0.25) is 9.89 Å². The summed E-state index contributed by atoms with van der Waals surface area (Å²) >= 11 is 0. The van der Waals surface area contributed by atoms with Crippen LogP contribution in [0.2, 0.25) is 0 Å². The van der Waals surface area contributed by atoms with E-state index in [0.717, 1.165) is 68.0 Å². The van der Waals surface area contributed by atoms with E-state index in [4.69, 9.17) is 9.73 Å². The Morgan fingerprint density at radius 2 is 1.95 bits per heavy atom. The molecule has 0 radical (unpaired) electrons. The Morgan fingerprint density at radius 1 is 1.16 bits per heavy atom. The molecule has 9 heteroatoms. The van der Waals surface area contributed by atoms with Crippen LogP contribution in [0.4, 0.5) is 10.5 Å². The molecule has 5 heterocycles. The van der Waals surface area contributed by atoms with E-state index in [1.54, 1.807) is 0 Å². The predicted molar refractivity (Wildman–Crippen MR) is 152 cm³/mol. The molecule has 2 saturated heterocycles. The number of piperidine rings is 1. The van der Waals surface area contributed by atoms with Crippen molar-refractivity contribution in [1.29, 1.82) is 0 Å². The van der Waals surface area contributed by atoms with E-state index in [9.17, 15) is 4.79 Å². The fourth-order valence-corrected chi connectivity index (χ4v) is 6.09. The van der Waals surface area contributed by atoms with Crippen molar-refractivity contribution in [3.8, 4) is 0 Å². The lowest BCUT2D eigenvalue weighted by atomic mass is 9.78. The number of hydrogen-bond acceptors (Lipinski definition) is 6. The molecular formula is C29H43N7O2. The van der Waals surface area contributed by atoms with Gasteiger partial charge in [0.1, 0.15) is 0 Å². The molecule has 0 aromatic carbocycles. The maximum absolute atomic E-state index is 12.4. The Balaban J connectivity index is 1.29. The second-order valence-electron chi connectivity index (χ2n) is 11.5. The highest BCUT2D eigenvalue weighted by atomic mass is 16.5. The Hall–Kier alpha value is -2.91. The molecule has 206 valence electrons. The lowest BCUT2D eigenvalue weighted by molar-refractivity contribution is -0.0957. The minimum atomic E-state index is -0.178. The highest BCUT2D eigenvalue weighted by molar-refractivity contribution is 6.10. The summed E-state index contributed by atoms with van der Waals surface area (Å²) in [7, 11) is 1.86. The smallest absolute Gasteiger partial charge is 0.317 e. The zero-order valence-electron chi connectivity index (χ0n) is 23.6. The quantitative estimate of drug-likeness (QED) is 0.630. The number of fused-ring (bicyclic) bond motifs is 1. The first-order valence-corrected chi connectivity index (χ1v) is 14.1. The van der Waals surface area contributed by atoms with Gasteiger partial charge in [-0.05, 0) is 65.3 Å². The molecule has 9 nitrogen and oxygen atoms in total. The number of allylic oxidation sites excluding steroid dienone is 1. The molecule has 5 rings (SSSR count). The monoisotopic (exact) mass is 521 g/mol. The number of hydrogen-bond donors (Lipinski definition) is 1. The number of aliphatic imine (C=N–C) groups is 1. The Bertz CT molecular complexity index is 1190.